The van der Waals surface area contributed by atoms with E-state index in [1.165, 1.54) is 6.07 Å². The molecule has 0 bridgehead atoms. The van der Waals surface area contributed by atoms with Crippen LogP contribution in [-0.2, 0) is 29.5 Å². The van der Waals surface area contributed by atoms with E-state index in [0.717, 1.165) is 35.0 Å². The maximum absolute atomic E-state index is 13.8. The molecule has 2 atom stereocenters. The fraction of sp³-hybridized carbons (Fsp3) is 0.382. The highest BCUT2D eigenvalue weighted by molar-refractivity contribution is 6.08. The third-order valence-electron chi connectivity index (χ3n) is 8.41. The number of hydrogen-bond acceptors (Lipinski definition) is 5. The molecule has 1 aromatic heterocycles. The zero-order valence-electron chi connectivity index (χ0n) is 25.6. The summed E-state index contributed by atoms with van der Waals surface area (Å²) in [4.78, 5) is 28.2. The van der Waals surface area contributed by atoms with E-state index in [2.05, 4.69) is 15.7 Å². The average Bonchev–Trinajstić information content (AvgIpc) is 3.65. The molecule has 1 aliphatic rings. The van der Waals surface area contributed by atoms with Gasteiger partial charge in [0.05, 0.1) is 35.1 Å². The molecule has 0 radical (unpaired) electrons. The quantitative estimate of drug-likeness (QED) is 0.208. The minimum absolute atomic E-state index is 0.00377. The van der Waals surface area contributed by atoms with Gasteiger partial charge in [0.2, 0.25) is 5.91 Å². The molecule has 1 fully saturated rings. The number of anilines is 1. The molecule has 0 unspecified atom stereocenters. The van der Waals surface area contributed by atoms with Crippen LogP contribution in [0.1, 0.15) is 60.7 Å². The summed E-state index contributed by atoms with van der Waals surface area (Å²) in [5.41, 5.74) is 1.33. The van der Waals surface area contributed by atoms with Gasteiger partial charge in [0.1, 0.15) is 0 Å². The van der Waals surface area contributed by atoms with Gasteiger partial charge in [0.25, 0.3) is 5.91 Å². The Hall–Kier alpha value is -4.22. The number of carbonyl (C=O) groups is 2. The number of benzene rings is 3. The Morgan fingerprint density at radius 1 is 1.04 bits per heavy atom. The fourth-order valence-corrected chi connectivity index (χ4v) is 5.76. The first kappa shape index (κ1) is 32.2. The number of aliphatic hydroxyl groups is 1. The molecule has 3 aromatic carbocycles. The van der Waals surface area contributed by atoms with E-state index in [1.54, 1.807) is 47.8 Å². The van der Waals surface area contributed by atoms with Crippen molar-refractivity contribution in [3.63, 3.8) is 0 Å². The molecule has 1 aliphatic heterocycles. The van der Waals surface area contributed by atoms with Crippen molar-refractivity contribution in [3.05, 3.63) is 95.2 Å². The van der Waals surface area contributed by atoms with Crippen LogP contribution in [0.4, 0.5) is 18.9 Å². The number of aryl methyl sites for hydroxylation is 1. The fourth-order valence-electron chi connectivity index (χ4n) is 5.76. The van der Waals surface area contributed by atoms with Crippen molar-refractivity contribution >= 4 is 28.4 Å². The first-order chi connectivity index (χ1) is 21.4. The lowest BCUT2D eigenvalue weighted by atomic mass is 9.92. The molecular formula is C34H38F3N5O3. The molecule has 11 heteroatoms. The second-order valence-corrected chi connectivity index (χ2v) is 12.0. The third kappa shape index (κ3) is 7.20. The van der Waals surface area contributed by atoms with Crippen LogP contribution in [0.3, 0.4) is 0 Å². The Kier molecular flexibility index (Phi) is 9.31. The summed E-state index contributed by atoms with van der Waals surface area (Å²) < 4.78 is 41.9. The van der Waals surface area contributed by atoms with Gasteiger partial charge in [-0.25, -0.2) is 0 Å². The highest BCUT2D eigenvalue weighted by atomic mass is 19.4. The molecule has 2 amide bonds. The summed E-state index contributed by atoms with van der Waals surface area (Å²) >= 11 is 0. The summed E-state index contributed by atoms with van der Waals surface area (Å²) in [6.07, 6.45) is -2.38. The van der Waals surface area contributed by atoms with E-state index in [9.17, 15) is 27.9 Å². The first-order valence-electron chi connectivity index (χ1n) is 15.1. The van der Waals surface area contributed by atoms with Gasteiger partial charge in [-0.2, -0.15) is 18.3 Å². The van der Waals surface area contributed by atoms with E-state index >= 15 is 0 Å². The van der Waals surface area contributed by atoms with Crippen LogP contribution in [0.5, 0.6) is 0 Å². The molecule has 0 aliphatic carbocycles. The molecule has 1 saturated heterocycles. The summed E-state index contributed by atoms with van der Waals surface area (Å²) in [6, 6.07) is 17.2. The Morgan fingerprint density at radius 2 is 1.78 bits per heavy atom. The second kappa shape index (κ2) is 13.0. The van der Waals surface area contributed by atoms with E-state index in [-0.39, 0.29) is 12.5 Å². The Morgan fingerprint density at radius 3 is 2.44 bits per heavy atom. The number of aliphatic hydroxyl groups excluding tert-OH is 1. The van der Waals surface area contributed by atoms with Gasteiger partial charge >= 0.3 is 6.18 Å². The number of rotatable bonds is 11. The molecule has 45 heavy (non-hydrogen) atoms. The van der Waals surface area contributed by atoms with Crippen LogP contribution in [0.2, 0.25) is 0 Å². The van der Waals surface area contributed by atoms with Crippen molar-refractivity contribution in [1.82, 2.24) is 20.4 Å². The zero-order valence-corrected chi connectivity index (χ0v) is 25.6. The molecular weight excluding hydrogens is 583 g/mol. The van der Waals surface area contributed by atoms with Gasteiger partial charge in [-0.05, 0) is 69.0 Å². The van der Waals surface area contributed by atoms with Crippen LogP contribution in [0.25, 0.3) is 10.9 Å². The first-order valence-corrected chi connectivity index (χ1v) is 15.1. The van der Waals surface area contributed by atoms with Gasteiger partial charge < -0.3 is 20.6 Å². The van der Waals surface area contributed by atoms with Crippen molar-refractivity contribution in [3.8, 4) is 0 Å². The van der Waals surface area contributed by atoms with Crippen molar-refractivity contribution in [2.45, 2.75) is 70.4 Å². The molecule has 2 heterocycles. The van der Waals surface area contributed by atoms with Gasteiger partial charge in [0, 0.05) is 42.5 Å². The standard InChI is InChI=1S/C34H38F3N5O3/c1-4-42-29-18-23(17-28(26(29)20-39-42)41-15-9-14-31(41)44)32(45)40-27(16-22-10-6-5-7-11-22)30(43)21-38-33(2,3)24-12-8-13-25(19-24)34(35,36)37/h5-8,10-13,17-20,27,30,38,43H,4,9,14-16,21H2,1-3H3,(H,40,45)/t27-,30-/m0/s1. The highest BCUT2D eigenvalue weighted by Crippen LogP contribution is 2.33. The Balaban J connectivity index is 1.40. The Labute approximate surface area is 260 Å². The van der Waals surface area contributed by atoms with Crippen LogP contribution >= 0.6 is 0 Å². The number of nitrogens with zero attached hydrogens (tertiary/aromatic N) is 3. The lowest BCUT2D eigenvalue weighted by Crippen LogP contribution is -2.51. The molecule has 0 saturated carbocycles. The maximum Gasteiger partial charge on any atom is 0.416 e. The van der Waals surface area contributed by atoms with Crippen LogP contribution in [-0.4, -0.2) is 51.9 Å². The van der Waals surface area contributed by atoms with E-state index in [1.807, 2.05) is 37.3 Å². The average molecular weight is 622 g/mol. The van der Waals surface area contributed by atoms with E-state index in [4.69, 9.17) is 0 Å². The monoisotopic (exact) mass is 621 g/mol. The second-order valence-electron chi connectivity index (χ2n) is 12.0. The smallest absolute Gasteiger partial charge is 0.390 e. The summed E-state index contributed by atoms with van der Waals surface area (Å²) in [7, 11) is 0. The van der Waals surface area contributed by atoms with Gasteiger partial charge in [-0.1, -0.05) is 42.5 Å². The molecule has 0 spiro atoms. The highest BCUT2D eigenvalue weighted by Gasteiger charge is 2.33. The lowest BCUT2D eigenvalue weighted by molar-refractivity contribution is -0.137. The Bertz CT molecular complexity index is 1670. The molecule has 238 valence electrons. The van der Waals surface area contributed by atoms with Crippen LogP contribution < -0.4 is 15.5 Å². The largest absolute Gasteiger partial charge is 0.416 e. The van der Waals surface area contributed by atoms with Crippen molar-refractivity contribution in [2.75, 3.05) is 18.0 Å². The molecule has 8 nitrogen and oxygen atoms in total. The number of nitrogens with one attached hydrogen (secondary N) is 2. The maximum atomic E-state index is 13.8. The topological polar surface area (TPSA) is 99.5 Å². The lowest BCUT2D eigenvalue weighted by Gasteiger charge is -2.31. The number of aromatic nitrogens is 2. The third-order valence-corrected chi connectivity index (χ3v) is 8.41. The molecule has 4 aromatic rings. The summed E-state index contributed by atoms with van der Waals surface area (Å²) in [5.74, 6) is -0.435. The minimum Gasteiger partial charge on any atom is -0.390 e. The van der Waals surface area contributed by atoms with E-state index < -0.39 is 35.3 Å². The summed E-state index contributed by atoms with van der Waals surface area (Å²) in [6.45, 7) is 6.56. The van der Waals surface area contributed by atoms with E-state index in [0.29, 0.717) is 42.7 Å². The van der Waals surface area contributed by atoms with Crippen molar-refractivity contribution in [2.24, 2.45) is 0 Å². The summed E-state index contributed by atoms with van der Waals surface area (Å²) in [5, 5.41) is 22.8. The number of carbonyl (C=O) groups excluding carboxylic acids is 2. The van der Waals surface area contributed by atoms with Crippen LogP contribution in [0.15, 0.2) is 72.9 Å². The molecule has 3 N–H and O–H groups in total. The minimum atomic E-state index is -4.48. The van der Waals surface area contributed by atoms with Crippen molar-refractivity contribution in [1.29, 1.82) is 0 Å². The predicted octanol–water partition coefficient (Wildman–Crippen LogP) is 5.43. The number of hydrogen-bond donors (Lipinski definition) is 3. The number of alkyl halides is 3. The molecule has 5 rings (SSSR count). The normalized spacial score (nSPS) is 15.4. The van der Waals surface area contributed by atoms with Crippen LogP contribution in [0, 0.1) is 0 Å². The predicted molar refractivity (Wildman–Crippen MR) is 167 cm³/mol. The van der Waals surface area contributed by atoms with Crippen molar-refractivity contribution < 1.29 is 27.9 Å². The van der Waals surface area contributed by atoms with Gasteiger partial charge in [-0.15, -0.1) is 0 Å². The zero-order chi connectivity index (χ0) is 32.4. The van der Waals surface area contributed by atoms with Gasteiger partial charge in [0.15, 0.2) is 0 Å². The van der Waals surface area contributed by atoms with Gasteiger partial charge in [-0.3, -0.25) is 14.3 Å². The number of fused-ring (bicyclic) bond motifs is 1. The number of amides is 2. The SMILES string of the molecule is CCn1ncc2c(N3CCCC3=O)cc(C(=O)N[C@@H](Cc3ccccc3)[C@@H](O)CNC(C)(C)c3cccc(C(F)(F)F)c3)cc21. The number of halogens is 3.